The number of aromatic nitrogens is 2. The number of nitrogens with two attached hydrogens (primary N) is 1. The number of nitrogen functional groups attached to an aromatic ring is 1. The molecule has 2 unspecified atom stereocenters. The van der Waals surface area contributed by atoms with Gasteiger partial charge < -0.3 is 25.8 Å². The molecule has 8 nitrogen and oxygen atoms in total. The first-order valence-electron chi connectivity index (χ1n) is 5.75. The van der Waals surface area contributed by atoms with Crippen LogP contribution in [0.2, 0.25) is 0 Å². The van der Waals surface area contributed by atoms with Crippen LogP contribution in [0.3, 0.4) is 0 Å². The molecule has 0 spiro atoms. The van der Waals surface area contributed by atoms with Crippen molar-refractivity contribution in [2.45, 2.75) is 30.7 Å². The first-order valence-corrected chi connectivity index (χ1v) is 5.75. The van der Waals surface area contributed by atoms with E-state index in [1.54, 1.807) is 0 Å². The second-order valence-corrected chi connectivity index (χ2v) is 4.45. The van der Waals surface area contributed by atoms with Crippen molar-refractivity contribution in [2.24, 2.45) is 0 Å². The molecule has 0 bridgehead atoms. The van der Waals surface area contributed by atoms with E-state index in [1.165, 1.54) is 0 Å². The summed E-state index contributed by atoms with van der Waals surface area (Å²) in [6.07, 6.45) is -11.6. The van der Waals surface area contributed by atoms with Crippen LogP contribution in [-0.4, -0.2) is 49.8 Å². The van der Waals surface area contributed by atoms with E-state index in [9.17, 15) is 28.2 Å². The standard InChI is InChI=1S/C10H12F3N3O5/c11-10(12,13)4-1-5(14)15-9(20)16(4)8-7(19)6(18)3(2-17)21-8/h1,3,6-8,17-19H,2H2,(H2,14,15,20)/t3-,6?,7?,8-/m1/s1. The molecule has 2 heterocycles. The summed E-state index contributed by atoms with van der Waals surface area (Å²) in [6, 6.07) is 0.413. The zero-order chi connectivity index (χ0) is 15.9. The molecule has 1 aliphatic heterocycles. The van der Waals surface area contributed by atoms with Crippen molar-refractivity contribution in [2.75, 3.05) is 12.3 Å². The molecule has 11 heteroatoms. The van der Waals surface area contributed by atoms with Crippen molar-refractivity contribution in [1.29, 1.82) is 0 Å². The Hall–Kier alpha value is -1.69. The maximum atomic E-state index is 13.0. The van der Waals surface area contributed by atoms with Gasteiger partial charge in [0.05, 0.1) is 6.61 Å². The van der Waals surface area contributed by atoms with Gasteiger partial charge >= 0.3 is 11.9 Å². The lowest BCUT2D eigenvalue weighted by Crippen LogP contribution is -2.39. The molecule has 1 saturated heterocycles. The molecule has 1 aromatic rings. The van der Waals surface area contributed by atoms with E-state index in [1.807, 2.05) is 0 Å². The Morgan fingerprint density at radius 3 is 2.48 bits per heavy atom. The van der Waals surface area contributed by atoms with E-state index in [-0.39, 0.29) is 4.57 Å². The SMILES string of the molecule is Nc1cc(C(F)(F)F)n([C@@H]2O[C@H](CO)C(O)C2O)c(=O)n1. The normalized spacial score (nSPS) is 29.8. The Morgan fingerprint density at radius 2 is 2.00 bits per heavy atom. The smallest absolute Gasteiger partial charge is 0.394 e. The molecule has 0 aromatic carbocycles. The average Bonchev–Trinajstić information content (AvgIpc) is 2.64. The Kier molecular flexibility index (Phi) is 3.93. The molecule has 1 fully saturated rings. The number of aliphatic hydroxyl groups excluding tert-OH is 3. The predicted octanol–water partition coefficient (Wildman–Crippen LogP) is -1.54. The molecular weight excluding hydrogens is 299 g/mol. The van der Waals surface area contributed by atoms with Crippen LogP contribution in [0.4, 0.5) is 19.0 Å². The lowest BCUT2D eigenvalue weighted by Gasteiger charge is -2.22. The van der Waals surface area contributed by atoms with Gasteiger partial charge in [0.15, 0.2) is 6.23 Å². The highest BCUT2D eigenvalue weighted by atomic mass is 19.4. The first-order chi connectivity index (χ1) is 9.66. The monoisotopic (exact) mass is 311 g/mol. The highest BCUT2D eigenvalue weighted by molar-refractivity contribution is 5.30. The summed E-state index contributed by atoms with van der Waals surface area (Å²) in [7, 11) is 0. The zero-order valence-corrected chi connectivity index (χ0v) is 10.4. The van der Waals surface area contributed by atoms with Crippen LogP contribution in [0, 0.1) is 0 Å². The van der Waals surface area contributed by atoms with Crippen LogP contribution < -0.4 is 11.4 Å². The molecule has 21 heavy (non-hydrogen) atoms. The van der Waals surface area contributed by atoms with Crippen LogP contribution in [0.1, 0.15) is 11.9 Å². The van der Waals surface area contributed by atoms with Crippen molar-refractivity contribution in [3.05, 3.63) is 22.2 Å². The molecule has 118 valence electrons. The van der Waals surface area contributed by atoms with Crippen LogP contribution in [0.5, 0.6) is 0 Å². The number of rotatable bonds is 2. The number of halogens is 3. The van der Waals surface area contributed by atoms with Gasteiger partial charge in [0.1, 0.15) is 29.8 Å². The number of hydrogen-bond acceptors (Lipinski definition) is 7. The van der Waals surface area contributed by atoms with E-state index < -0.39 is 54.5 Å². The maximum absolute atomic E-state index is 13.0. The van der Waals surface area contributed by atoms with Gasteiger partial charge in [-0.1, -0.05) is 0 Å². The third kappa shape index (κ3) is 2.72. The van der Waals surface area contributed by atoms with Crippen molar-refractivity contribution < 1.29 is 33.2 Å². The van der Waals surface area contributed by atoms with Crippen molar-refractivity contribution in [3.63, 3.8) is 0 Å². The second-order valence-electron chi connectivity index (χ2n) is 4.45. The largest absolute Gasteiger partial charge is 0.431 e. The Labute approximate surface area is 115 Å². The quantitative estimate of drug-likeness (QED) is 0.520. The molecule has 0 radical (unpaired) electrons. The van der Waals surface area contributed by atoms with Crippen molar-refractivity contribution in [1.82, 2.24) is 9.55 Å². The molecule has 1 aliphatic rings. The summed E-state index contributed by atoms with van der Waals surface area (Å²) < 4.78 is 43.9. The molecule has 1 aromatic heterocycles. The molecule has 0 aliphatic carbocycles. The third-order valence-electron chi connectivity index (χ3n) is 3.04. The van der Waals surface area contributed by atoms with Gasteiger partial charge in [-0.15, -0.1) is 0 Å². The molecule has 4 atom stereocenters. The summed E-state index contributed by atoms with van der Waals surface area (Å²) in [5.74, 6) is -0.643. The summed E-state index contributed by atoms with van der Waals surface area (Å²) in [5, 5.41) is 28.2. The van der Waals surface area contributed by atoms with Crippen molar-refractivity contribution >= 4 is 5.82 Å². The van der Waals surface area contributed by atoms with Crippen LogP contribution in [0.15, 0.2) is 10.9 Å². The fraction of sp³-hybridized carbons (Fsp3) is 0.600. The Balaban J connectivity index is 2.57. The lowest BCUT2D eigenvalue weighted by atomic mass is 10.1. The number of hydrogen-bond donors (Lipinski definition) is 4. The van der Waals surface area contributed by atoms with Gasteiger partial charge in [-0.3, -0.25) is 4.57 Å². The van der Waals surface area contributed by atoms with Gasteiger partial charge in [-0.05, 0) is 0 Å². The fourth-order valence-corrected chi connectivity index (χ4v) is 2.07. The minimum Gasteiger partial charge on any atom is -0.394 e. The lowest BCUT2D eigenvalue weighted by molar-refractivity contribution is -0.152. The molecular formula is C10H12F3N3O5. The highest BCUT2D eigenvalue weighted by Gasteiger charge is 2.47. The van der Waals surface area contributed by atoms with E-state index in [2.05, 4.69) is 4.98 Å². The van der Waals surface area contributed by atoms with Crippen LogP contribution in [0.25, 0.3) is 0 Å². The van der Waals surface area contributed by atoms with Gasteiger partial charge in [-0.25, -0.2) is 4.79 Å². The number of nitrogens with zero attached hydrogens (tertiary/aromatic N) is 2. The van der Waals surface area contributed by atoms with Crippen LogP contribution >= 0.6 is 0 Å². The van der Waals surface area contributed by atoms with Gasteiger partial charge in [0.2, 0.25) is 0 Å². The number of anilines is 1. The van der Waals surface area contributed by atoms with E-state index in [0.29, 0.717) is 6.07 Å². The Morgan fingerprint density at radius 1 is 1.38 bits per heavy atom. The van der Waals surface area contributed by atoms with Gasteiger partial charge in [0.25, 0.3) is 0 Å². The number of alkyl halides is 3. The molecule has 0 saturated carbocycles. The highest BCUT2D eigenvalue weighted by Crippen LogP contribution is 2.35. The number of aliphatic hydroxyl groups is 3. The fourth-order valence-electron chi connectivity index (χ4n) is 2.07. The second kappa shape index (κ2) is 5.26. The van der Waals surface area contributed by atoms with Crippen LogP contribution in [-0.2, 0) is 10.9 Å². The van der Waals surface area contributed by atoms with Crippen molar-refractivity contribution in [3.8, 4) is 0 Å². The van der Waals surface area contributed by atoms with E-state index in [4.69, 9.17) is 15.6 Å². The first kappa shape index (κ1) is 15.7. The topological polar surface area (TPSA) is 131 Å². The predicted molar refractivity (Wildman–Crippen MR) is 60.9 cm³/mol. The number of ether oxygens (including phenoxy) is 1. The average molecular weight is 311 g/mol. The summed E-state index contributed by atoms with van der Waals surface area (Å²) in [6.45, 7) is -0.743. The zero-order valence-electron chi connectivity index (χ0n) is 10.4. The van der Waals surface area contributed by atoms with E-state index in [0.717, 1.165) is 0 Å². The summed E-state index contributed by atoms with van der Waals surface area (Å²) in [5.41, 5.74) is 2.25. The minimum atomic E-state index is -4.96. The van der Waals surface area contributed by atoms with Gasteiger partial charge in [0, 0.05) is 6.07 Å². The van der Waals surface area contributed by atoms with Gasteiger partial charge in [-0.2, -0.15) is 18.2 Å². The maximum Gasteiger partial charge on any atom is 0.431 e. The molecule has 5 N–H and O–H groups in total. The summed E-state index contributed by atoms with van der Waals surface area (Å²) >= 11 is 0. The minimum absolute atomic E-state index is 0.0555. The third-order valence-corrected chi connectivity index (χ3v) is 3.04. The summed E-state index contributed by atoms with van der Waals surface area (Å²) in [4.78, 5) is 14.8. The molecule has 2 rings (SSSR count). The van der Waals surface area contributed by atoms with E-state index >= 15 is 0 Å². The molecule has 0 amide bonds. The Bertz CT molecular complexity index is 590.